The third-order valence-corrected chi connectivity index (χ3v) is 3.68. The van der Waals surface area contributed by atoms with Gasteiger partial charge in [-0.15, -0.1) is 10.2 Å². The molecule has 0 saturated carbocycles. The molecule has 0 saturated heterocycles. The SMILES string of the molecule is COC(=O)Cc1nc2ccc(C)cn2c1N=Nc1ccc(OC)cc1. The maximum atomic E-state index is 11.7. The molecule has 0 spiro atoms. The number of nitrogens with zero attached hydrogens (tertiary/aromatic N) is 4. The van der Waals surface area contributed by atoms with Crippen molar-refractivity contribution in [3.05, 3.63) is 53.9 Å². The van der Waals surface area contributed by atoms with Crippen molar-refractivity contribution < 1.29 is 14.3 Å². The molecule has 3 aromatic rings. The fourth-order valence-electron chi connectivity index (χ4n) is 2.37. The molecule has 2 aromatic heterocycles. The summed E-state index contributed by atoms with van der Waals surface area (Å²) in [6.07, 6.45) is 1.94. The molecule has 0 radical (unpaired) electrons. The van der Waals surface area contributed by atoms with Crippen LogP contribution in [0.15, 0.2) is 52.8 Å². The van der Waals surface area contributed by atoms with Crippen LogP contribution in [0.2, 0.25) is 0 Å². The molecule has 0 unspecified atom stereocenters. The second-order valence-electron chi connectivity index (χ2n) is 5.47. The van der Waals surface area contributed by atoms with Gasteiger partial charge in [0.25, 0.3) is 0 Å². The minimum atomic E-state index is -0.374. The minimum Gasteiger partial charge on any atom is -0.497 e. The molecule has 0 fully saturated rings. The first-order valence-corrected chi connectivity index (χ1v) is 7.71. The van der Waals surface area contributed by atoms with Gasteiger partial charge in [-0.1, -0.05) is 6.07 Å². The standard InChI is InChI=1S/C18H18N4O3/c1-12-4-9-16-19-15(10-17(23)25-3)18(22(16)11-12)21-20-13-5-7-14(24-2)8-6-13/h4-9,11H,10H2,1-3H3. The van der Waals surface area contributed by atoms with Crippen molar-refractivity contribution in [2.24, 2.45) is 10.2 Å². The van der Waals surface area contributed by atoms with Gasteiger partial charge >= 0.3 is 5.97 Å². The van der Waals surface area contributed by atoms with Gasteiger partial charge < -0.3 is 9.47 Å². The number of ether oxygens (including phenoxy) is 2. The number of imidazole rings is 1. The number of aromatic nitrogens is 2. The van der Waals surface area contributed by atoms with E-state index in [2.05, 4.69) is 15.2 Å². The molecule has 0 amide bonds. The molecule has 0 N–H and O–H groups in total. The van der Waals surface area contributed by atoms with E-state index >= 15 is 0 Å². The van der Waals surface area contributed by atoms with Crippen LogP contribution in [0.4, 0.5) is 11.5 Å². The highest BCUT2D eigenvalue weighted by atomic mass is 16.5. The predicted molar refractivity (Wildman–Crippen MR) is 92.8 cm³/mol. The van der Waals surface area contributed by atoms with Crippen LogP contribution >= 0.6 is 0 Å². The van der Waals surface area contributed by atoms with Crippen LogP contribution in [0.1, 0.15) is 11.3 Å². The van der Waals surface area contributed by atoms with Crippen molar-refractivity contribution in [2.75, 3.05) is 14.2 Å². The Balaban J connectivity index is 2.01. The van der Waals surface area contributed by atoms with E-state index in [0.717, 1.165) is 11.3 Å². The maximum Gasteiger partial charge on any atom is 0.311 e. The van der Waals surface area contributed by atoms with Gasteiger partial charge in [0.1, 0.15) is 11.4 Å². The van der Waals surface area contributed by atoms with E-state index < -0.39 is 0 Å². The molecule has 2 heterocycles. The fraction of sp³-hybridized carbons (Fsp3) is 0.222. The van der Waals surface area contributed by atoms with Crippen LogP contribution in [-0.2, 0) is 16.0 Å². The van der Waals surface area contributed by atoms with Crippen molar-refractivity contribution in [1.29, 1.82) is 0 Å². The summed E-state index contributed by atoms with van der Waals surface area (Å²) in [6.45, 7) is 1.98. The highest BCUT2D eigenvalue weighted by Crippen LogP contribution is 2.26. The van der Waals surface area contributed by atoms with E-state index in [1.807, 2.05) is 41.8 Å². The average Bonchev–Trinajstić information content (AvgIpc) is 2.96. The van der Waals surface area contributed by atoms with Crippen LogP contribution in [0.3, 0.4) is 0 Å². The van der Waals surface area contributed by atoms with Gasteiger partial charge in [0.2, 0.25) is 0 Å². The largest absolute Gasteiger partial charge is 0.497 e. The zero-order chi connectivity index (χ0) is 17.8. The Hall–Kier alpha value is -3.22. The molecular weight excluding hydrogens is 320 g/mol. The Labute approximate surface area is 144 Å². The number of fused-ring (bicyclic) bond motifs is 1. The van der Waals surface area contributed by atoms with Gasteiger partial charge in [-0.05, 0) is 42.8 Å². The molecule has 7 heteroatoms. The molecule has 3 rings (SSSR count). The van der Waals surface area contributed by atoms with Crippen molar-refractivity contribution in [2.45, 2.75) is 13.3 Å². The first kappa shape index (κ1) is 16.6. The van der Waals surface area contributed by atoms with Crippen LogP contribution in [0, 0.1) is 6.92 Å². The summed E-state index contributed by atoms with van der Waals surface area (Å²) in [4.78, 5) is 16.1. The number of azo groups is 1. The highest BCUT2D eigenvalue weighted by Gasteiger charge is 2.16. The number of carbonyl (C=O) groups excluding carboxylic acids is 1. The molecule has 1 aromatic carbocycles. The van der Waals surface area contributed by atoms with Gasteiger partial charge in [-0.2, -0.15) is 0 Å². The normalized spacial score (nSPS) is 11.2. The van der Waals surface area contributed by atoms with Crippen molar-refractivity contribution >= 4 is 23.1 Å². The van der Waals surface area contributed by atoms with Crippen LogP contribution < -0.4 is 4.74 Å². The summed E-state index contributed by atoms with van der Waals surface area (Å²) >= 11 is 0. The number of carbonyl (C=O) groups is 1. The number of esters is 1. The van der Waals surface area contributed by atoms with Gasteiger partial charge in [-0.3, -0.25) is 9.20 Å². The molecule has 0 aliphatic rings. The lowest BCUT2D eigenvalue weighted by Gasteiger charge is -2.01. The number of pyridine rings is 1. The molecule has 0 aliphatic carbocycles. The number of hydrogen-bond donors (Lipinski definition) is 0. The third kappa shape index (κ3) is 3.65. The smallest absolute Gasteiger partial charge is 0.311 e. The maximum absolute atomic E-state index is 11.7. The third-order valence-electron chi connectivity index (χ3n) is 3.68. The molecule has 128 valence electrons. The lowest BCUT2D eigenvalue weighted by atomic mass is 10.3. The van der Waals surface area contributed by atoms with E-state index in [1.165, 1.54) is 7.11 Å². The predicted octanol–water partition coefficient (Wildman–Crippen LogP) is 3.78. The highest BCUT2D eigenvalue weighted by molar-refractivity contribution is 5.74. The molecule has 0 bridgehead atoms. The average molecular weight is 338 g/mol. The Bertz CT molecular complexity index is 929. The Morgan fingerprint density at radius 1 is 1.12 bits per heavy atom. The quantitative estimate of drug-likeness (QED) is 0.524. The molecular formula is C18H18N4O3. The molecule has 0 atom stereocenters. The molecule has 0 aliphatic heterocycles. The van der Waals surface area contributed by atoms with Crippen molar-refractivity contribution in [1.82, 2.24) is 9.38 Å². The second kappa shape index (κ2) is 7.12. The van der Waals surface area contributed by atoms with Crippen LogP contribution in [-0.4, -0.2) is 29.6 Å². The number of rotatable bonds is 5. The van der Waals surface area contributed by atoms with E-state index in [-0.39, 0.29) is 12.4 Å². The number of methoxy groups -OCH3 is 2. The molecule has 25 heavy (non-hydrogen) atoms. The van der Waals surface area contributed by atoms with Crippen molar-refractivity contribution in [3.63, 3.8) is 0 Å². The van der Waals surface area contributed by atoms with Crippen LogP contribution in [0.25, 0.3) is 5.65 Å². The summed E-state index contributed by atoms with van der Waals surface area (Å²) in [5.41, 5.74) is 2.95. The number of hydrogen-bond acceptors (Lipinski definition) is 6. The first-order chi connectivity index (χ1) is 12.1. The number of benzene rings is 1. The Morgan fingerprint density at radius 3 is 2.56 bits per heavy atom. The topological polar surface area (TPSA) is 77.5 Å². The van der Waals surface area contributed by atoms with E-state index in [4.69, 9.17) is 9.47 Å². The Kier molecular flexibility index (Phi) is 4.74. The Morgan fingerprint density at radius 2 is 1.88 bits per heavy atom. The summed E-state index contributed by atoms with van der Waals surface area (Å²) in [5, 5.41) is 8.58. The summed E-state index contributed by atoms with van der Waals surface area (Å²) in [6, 6.07) is 11.1. The zero-order valence-electron chi connectivity index (χ0n) is 14.3. The van der Waals surface area contributed by atoms with E-state index in [9.17, 15) is 4.79 Å². The van der Waals surface area contributed by atoms with E-state index in [1.54, 1.807) is 19.2 Å². The lowest BCUT2D eigenvalue weighted by molar-refractivity contribution is -0.139. The zero-order valence-corrected chi connectivity index (χ0v) is 14.3. The minimum absolute atomic E-state index is 0.0359. The van der Waals surface area contributed by atoms with E-state index in [0.29, 0.717) is 22.8 Å². The second-order valence-corrected chi connectivity index (χ2v) is 5.47. The monoisotopic (exact) mass is 338 g/mol. The number of aryl methyl sites for hydroxylation is 1. The fourth-order valence-corrected chi connectivity index (χ4v) is 2.37. The van der Waals surface area contributed by atoms with Gasteiger partial charge in [0.15, 0.2) is 5.82 Å². The first-order valence-electron chi connectivity index (χ1n) is 7.71. The van der Waals surface area contributed by atoms with Gasteiger partial charge in [-0.25, -0.2) is 4.98 Å². The summed E-state index contributed by atoms with van der Waals surface area (Å²) < 4.78 is 11.7. The van der Waals surface area contributed by atoms with Gasteiger partial charge in [0, 0.05) is 6.20 Å². The molecule has 7 nitrogen and oxygen atoms in total. The van der Waals surface area contributed by atoms with Gasteiger partial charge in [0.05, 0.1) is 32.0 Å². The van der Waals surface area contributed by atoms with Crippen molar-refractivity contribution in [3.8, 4) is 5.75 Å². The summed E-state index contributed by atoms with van der Waals surface area (Å²) in [7, 11) is 2.96. The van der Waals surface area contributed by atoms with Crippen LogP contribution in [0.5, 0.6) is 5.75 Å². The lowest BCUT2D eigenvalue weighted by Crippen LogP contribution is -2.04. The summed E-state index contributed by atoms with van der Waals surface area (Å²) in [5.74, 6) is 0.886.